The molecule has 138 valence electrons. The highest BCUT2D eigenvalue weighted by Crippen LogP contribution is 2.37. The van der Waals surface area contributed by atoms with Gasteiger partial charge in [0.15, 0.2) is 5.65 Å². The summed E-state index contributed by atoms with van der Waals surface area (Å²) in [5, 5.41) is 8.54. The minimum atomic E-state index is -4.52. The largest absolute Gasteiger partial charge is 0.417 e. The number of fused-ring (bicyclic) bond motifs is 1. The Bertz CT molecular complexity index is 1110. The topological polar surface area (TPSA) is 48.5 Å². The number of halogens is 3. The molecule has 0 atom stereocenters. The van der Waals surface area contributed by atoms with E-state index in [-0.39, 0.29) is 16.7 Å². The van der Waals surface area contributed by atoms with Crippen molar-refractivity contribution in [3.8, 4) is 11.4 Å². The first-order valence-corrected chi connectivity index (χ1v) is 8.32. The summed E-state index contributed by atoms with van der Waals surface area (Å²) < 4.78 is 44.3. The third kappa shape index (κ3) is 3.18. The highest BCUT2D eigenvalue weighted by Gasteiger charge is 2.35. The molecule has 4 aromatic rings. The van der Waals surface area contributed by atoms with Gasteiger partial charge >= 0.3 is 6.18 Å². The standard InChI is InChI=1S/C19H16F3N5/c1-12-17-14(19(20,21)22)10-16(15-8-9-26(2)25-15)23-18(17)27(24-12)11-13-6-4-3-5-7-13/h3-10H,11H2,1-2H3. The molecule has 0 aliphatic rings. The molecule has 0 bridgehead atoms. The number of benzene rings is 1. The third-order valence-electron chi connectivity index (χ3n) is 4.33. The molecule has 0 aliphatic carbocycles. The molecule has 1 aromatic carbocycles. The Morgan fingerprint density at radius 2 is 1.74 bits per heavy atom. The van der Waals surface area contributed by atoms with E-state index in [1.165, 1.54) is 9.36 Å². The molecule has 27 heavy (non-hydrogen) atoms. The molecule has 0 amide bonds. The van der Waals surface area contributed by atoms with E-state index in [1.54, 1.807) is 26.2 Å². The van der Waals surface area contributed by atoms with Crippen LogP contribution in [0.4, 0.5) is 13.2 Å². The van der Waals surface area contributed by atoms with Crippen LogP contribution in [0, 0.1) is 6.92 Å². The molecule has 0 N–H and O–H groups in total. The van der Waals surface area contributed by atoms with Gasteiger partial charge in [-0.25, -0.2) is 9.67 Å². The smallest absolute Gasteiger partial charge is 0.275 e. The molecule has 0 fully saturated rings. The maximum absolute atomic E-state index is 13.7. The SMILES string of the molecule is Cc1nn(Cc2ccccc2)c2nc(-c3ccn(C)n3)cc(C(F)(F)F)c12. The van der Waals surface area contributed by atoms with Crippen molar-refractivity contribution in [2.24, 2.45) is 7.05 Å². The second kappa shape index (κ2) is 6.22. The highest BCUT2D eigenvalue weighted by atomic mass is 19.4. The van der Waals surface area contributed by atoms with Crippen molar-refractivity contribution in [2.75, 3.05) is 0 Å². The zero-order valence-corrected chi connectivity index (χ0v) is 14.7. The summed E-state index contributed by atoms with van der Waals surface area (Å²) in [6.07, 6.45) is -2.85. The first kappa shape index (κ1) is 17.3. The van der Waals surface area contributed by atoms with Crippen LogP contribution in [0.5, 0.6) is 0 Å². The van der Waals surface area contributed by atoms with E-state index in [0.717, 1.165) is 11.6 Å². The molecule has 0 saturated carbocycles. The lowest BCUT2D eigenvalue weighted by Gasteiger charge is -2.11. The predicted octanol–water partition coefficient (Wildman–Crippen LogP) is 4.21. The van der Waals surface area contributed by atoms with Gasteiger partial charge in [-0.15, -0.1) is 0 Å². The number of hydrogen-bond acceptors (Lipinski definition) is 3. The number of aromatic nitrogens is 5. The Kier molecular flexibility index (Phi) is 3.98. The van der Waals surface area contributed by atoms with Crippen LogP contribution < -0.4 is 0 Å². The van der Waals surface area contributed by atoms with Crippen LogP contribution >= 0.6 is 0 Å². The number of hydrogen-bond donors (Lipinski definition) is 0. The van der Waals surface area contributed by atoms with Crippen molar-refractivity contribution in [3.05, 3.63) is 65.5 Å². The summed E-state index contributed by atoms with van der Waals surface area (Å²) >= 11 is 0. The molecule has 4 rings (SSSR count). The molecule has 5 nitrogen and oxygen atoms in total. The van der Waals surface area contributed by atoms with Crippen molar-refractivity contribution >= 4 is 11.0 Å². The Labute approximate surface area is 153 Å². The highest BCUT2D eigenvalue weighted by molar-refractivity contribution is 5.85. The maximum Gasteiger partial charge on any atom is 0.417 e. The molecule has 0 unspecified atom stereocenters. The monoisotopic (exact) mass is 371 g/mol. The van der Waals surface area contributed by atoms with E-state index in [9.17, 15) is 13.2 Å². The predicted molar refractivity (Wildman–Crippen MR) is 95.0 cm³/mol. The van der Waals surface area contributed by atoms with Gasteiger partial charge in [-0.05, 0) is 24.6 Å². The zero-order valence-electron chi connectivity index (χ0n) is 14.7. The quantitative estimate of drug-likeness (QED) is 0.542. The van der Waals surface area contributed by atoms with E-state index in [4.69, 9.17) is 0 Å². The van der Waals surface area contributed by atoms with Crippen LogP contribution in [0.2, 0.25) is 0 Å². The third-order valence-corrected chi connectivity index (χ3v) is 4.33. The van der Waals surface area contributed by atoms with Crippen LogP contribution in [0.1, 0.15) is 16.8 Å². The molecule has 3 aromatic heterocycles. The minimum absolute atomic E-state index is 0.0260. The fourth-order valence-corrected chi connectivity index (χ4v) is 3.13. The first-order chi connectivity index (χ1) is 12.8. The second-order valence-electron chi connectivity index (χ2n) is 6.35. The Hall–Kier alpha value is -3.16. The minimum Gasteiger partial charge on any atom is -0.275 e. The van der Waals surface area contributed by atoms with Crippen LogP contribution in [0.25, 0.3) is 22.4 Å². The Morgan fingerprint density at radius 1 is 1.00 bits per heavy atom. The summed E-state index contributed by atoms with van der Waals surface area (Å²) in [7, 11) is 1.70. The van der Waals surface area contributed by atoms with Crippen molar-refractivity contribution in [2.45, 2.75) is 19.6 Å². The zero-order chi connectivity index (χ0) is 19.2. The number of alkyl halides is 3. The van der Waals surface area contributed by atoms with Gasteiger partial charge in [-0.3, -0.25) is 4.68 Å². The van der Waals surface area contributed by atoms with Gasteiger partial charge in [0.2, 0.25) is 0 Å². The van der Waals surface area contributed by atoms with Gasteiger partial charge in [-0.2, -0.15) is 23.4 Å². The summed E-state index contributed by atoms with van der Waals surface area (Å²) in [6, 6.07) is 12.1. The molecular weight excluding hydrogens is 355 g/mol. The van der Waals surface area contributed by atoms with E-state index in [2.05, 4.69) is 15.2 Å². The fourth-order valence-electron chi connectivity index (χ4n) is 3.13. The van der Waals surface area contributed by atoms with Crippen molar-refractivity contribution < 1.29 is 13.2 Å². The number of aryl methyl sites for hydroxylation is 2. The van der Waals surface area contributed by atoms with Crippen molar-refractivity contribution in [3.63, 3.8) is 0 Å². The Balaban J connectivity index is 1.95. The molecule has 0 radical (unpaired) electrons. The lowest BCUT2D eigenvalue weighted by molar-refractivity contribution is -0.136. The van der Waals surface area contributed by atoms with Crippen LogP contribution in [-0.2, 0) is 19.8 Å². The van der Waals surface area contributed by atoms with Crippen molar-refractivity contribution in [1.82, 2.24) is 24.5 Å². The van der Waals surface area contributed by atoms with Crippen LogP contribution in [0.15, 0.2) is 48.7 Å². The van der Waals surface area contributed by atoms with Gasteiger partial charge in [0.05, 0.1) is 28.9 Å². The summed E-state index contributed by atoms with van der Waals surface area (Å²) in [4.78, 5) is 4.47. The van der Waals surface area contributed by atoms with Crippen LogP contribution in [-0.4, -0.2) is 24.5 Å². The van der Waals surface area contributed by atoms with Gasteiger partial charge in [0.1, 0.15) is 5.69 Å². The van der Waals surface area contributed by atoms with E-state index >= 15 is 0 Å². The summed E-state index contributed by atoms with van der Waals surface area (Å²) in [5.74, 6) is 0. The lowest BCUT2D eigenvalue weighted by Crippen LogP contribution is -2.08. The molecule has 8 heteroatoms. The molecule has 0 saturated heterocycles. The van der Waals surface area contributed by atoms with Gasteiger partial charge < -0.3 is 0 Å². The normalized spacial score (nSPS) is 12.0. The number of rotatable bonds is 3. The van der Waals surface area contributed by atoms with Gasteiger partial charge in [0.25, 0.3) is 0 Å². The van der Waals surface area contributed by atoms with Crippen LogP contribution in [0.3, 0.4) is 0 Å². The molecule has 3 heterocycles. The average Bonchev–Trinajstić information content (AvgIpc) is 3.18. The lowest BCUT2D eigenvalue weighted by atomic mass is 10.1. The molecular formula is C19H16F3N5. The van der Waals surface area contributed by atoms with Gasteiger partial charge in [-0.1, -0.05) is 30.3 Å². The summed E-state index contributed by atoms with van der Waals surface area (Å²) in [6.45, 7) is 1.91. The number of pyridine rings is 1. The first-order valence-electron chi connectivity index (χ1n) is 8.32. The molecule has 0 spiro atoms. The fraction of sp³-hybridized carbons (Fsp3) is 0.211. The average molecular weight is 371 g/mol. The van der Waals surface area contributed by atoms with E-state index in [1.807, 2.05) is 30.3 Å². The van der Waals surface area contributed by atoms with E-state index < -0.39 is 11.7 Å². The van der Waals surface area contributed by atoms with Crippen molar-refractivity contribution in [1.29, 1.82) is 0 Å². The second-order valence-corrected chi connectivity index (χ2v) is 6.35. The Morgan fingerprint density at radius 3 is 2.37 bits per heavy atom. The number of nitrogens with zero attached hydrogens (tertiary/aromatic N) is 5. The summed E-state index contributed by atoms with van der Waals surface area (Å²) in [5.41, 5.74) is 1.24. The molecule has 0 aliphatic heterocycles. The van der Waals surface area contributed by atoms with E-state index in [0.29, 0.717) is 17.9 Å². The maximum atomic E-state index is 13.7. The van der Waals surface area contributed by atoms with Gasteiger partial charge in [0, 0.05) is 13.2 Å².